The number of amides is 2. The Balaban J connectivity index is 1.70. The molecule has 33 heavy (non-hydrogen) atoms. The molecule has 1 aliphatic carbocycles. The Morgan fingerprint density at radius 2 is 2.03 bits per heavy atom. The van der Waals surface area contributed by atoms with Crippen molar-refractivity contribution in [3.05, 3.63) is 16.8 Å². The number of nitrogens with zero attached hydrogens (tertiary/aromatic N) is 5. The highest BCUT2D eigenvalue weighted by molar-refractivity contribution is 6.28. The minimum Gasteiger partial charge on any atom is -0.352 e. The SMILES string of the molecule is C[C@@H]1CN(c2nc(Cl)nc(CNC(=O)[C@H](CC3CCCC3)CN(O)C=O)c2F)C[C@@H]1N(C)C. The molecule has 0 radical (unpaired) electrons. The molecule has 0 spiro atoms. The van der Waals surface area contributed by atoms with Crippen LogP contribution in [0.15, 0.2) is 0 Å². The number of nitrogens with one attached hydrogen (secondary N) is 1. The first kappa shape index (κ1) is 25.6. The van der Waals surface area contributed by atoms with Crippen molar-refractivity contribution in [3.63, 3.8) is 0 Å². The molecule has 2 heterocycles. The number of rotatable bonds is 10. The zero-order chi connectivity index (χ0) is 24.1. The molecule has 1 aromatic rings. The molecule has 1 saturated carbocycles. The number of carbonyl (C=O) groups excluding carboxylic acids is 2. The third-order valence-electron chi connectivity index (χ3n) is 6.83. The van der Waals surface area contributed by atoms with Crippen LogP contribution in [-0.2, 0) is 16.1 Å². The van der Waals surface area contributed by atoms with Gasteiger partial charge in [0.2, 0.25) is 17.6 Å². The summed E-state index contributed by atoms with van der Waals surface area (Å²) in [6.45, 7) is 3.10. The minimum atomic E-state index is -0.602. The van der Waals surface area contributed by atoms with Crippen molar-refractivity contribution < 1.29 is 19.2 Å². The van der Waals surface area contributed by atoms with E-state index in [0.717, 1.165) is 25.7 Å². The summed E-state index contributed by atoms with van der Waals surface area (Å²) in [5, 5.41) is 12.7. The van der Waals surface area contributed by atoms with Crippen molar-refractivity contribution in [2.45, 2.75) is 51.6 Å². The second kappa shape index (κ2) is 11.4. The number of carbonyl (C=O) groups is 2. The summed E-state index contributed by atoms with van der Waals surface area (Å²) >= 11 is 6.10. The van der Waals surface area contributed by atoms with Gasteiger partial charge in [0, 0.05) is 19.1 Å². The van der Waals surface area contributed by atoms with Crippen LogP contribution in [0.3, 0.4) is 0 Å². The van der Waals surface area contributed by atoms with Gasteiger partial charge in [-0.1, -0.05) is 32.6 Å². The van der Waals surface area contributed by atoms with E-state index in [0.29, 0.717) is 36.4 Å². The highest BCUT2D eigenvalue weighted by Gasteiger charge is 2.34. The number of likely N-dealkylation sites (N-methyl/N-ethyl adjacent to an activating group) is 1. The minimum absolute atomic E-state index is 0.00941. The Kier molecular flexibility index (Phi) is 8.83. The second-order valence-corrected chi connectivity index (χ2v) is 9.86. The van der Waals surface area contributed by atoms with Crippen molar-refractivity contribution in [1.82, 2.24) is 25.2 Å². The van der Waals surface area contributed by atoms with Gasteiger partial charge < -0.3 is 15.1 Å². The number of hydrogen-bond donors (Lipinski definition) is 2. The second-order valence-electron chi connectivity index (χ2n) is 9.52. The van der Waals surface area contributed by atoms with Gasteiger partial charge in [-0.2, -0.15) is 4.98 Å². The van der Waals surface area contributed by atoms with Gasteiger partial charge in [-0.15, -0.1) is 0 Å². The average Bonchev–Trinajstić information content (AvgIpc) is 3.42. The van der Waals surface area contributed by atoms with Crippen LogP contribution < -0.4 is 10.2 Å². The van der Waals surface area contributed by atoms with Crippen LogP contribution in [0.5, 0.6) is 0 Å². The van der Waals surface area contributed by atoms with E-state index in [4.69, 9.17) is 11.6 Å². The predicted octanol–water partition coefficient (Wildman–Crippen LogP) is 2.32. The molecule has 11 heteroatoms. The molecule has 2 fully saturated rings. The summed E-state index contributed by atoms with van der Waals surface area (Å²) in [4.78, 5) is 35.8. The number of anilines is 1. The van der Waals surface area contributed by atoms with E-state index >= 15 is 4.39 Å². The van der Waals surface area contributed by atoms with Crippen molar-refractivity contribution in [2.24, 2.45) is 17.8 Å². The third kappa shape index (κ3) is 6.51. The van der Waals surface area contributed by atoms with E-state index in [9.17, 15) is 14.8 Å². The monoisotopic (exact) mass is 484 g/mol. The van der Waals surface area contributed by atoms with E-state index in [2.05, 4.69) is 27.1 Å². The highest BCUT2D eigenvalue weighted by Crippen LogP contribution is 2.31. The van der Waals surface area contributed by atoms with Gasteiger partial charge in [0.1, 0.15) is 5.69 Å². The summed E-state index contributed by atoms with van der Waals surface area (Å²) in [5.74, 6) is -0.716. The molecule has 0 aromatic carbocycles. The van der Waals surface area contributed by atoms with Crippen LogP contribution in [-0.4, -0.2) is 77.2 Å². The van der Waals surface area contributed by atoms with E-state index in [1.807, 2.05) is 19.0 Å². The van der Waals surface area contributed by atoms with Crippen LogP contribution in [0.1, 0.15) is 44.7 Å². The zero-order valence-corrected chi connectivity index (χ0v) is 20.3. The summed E-state index contributed by atoms with van der Waals surface area (Å²) in [5.41, 5.74) is 0.00941. The summed E-state index contributed by atoms with van der Waals surface area (Å²) in [7, 11) is 3.99. The summed E-state index contributed by atoms with van der Waals surface area (Å²) < 4.78 is 15.3. The molecule has 2 amide bonds. The lowest BCUT2D eigenvalue weighted by atomic mass is 9.92. The molecule has 1 aromatic heterocycles. The normalized spacial score (nSPS) is 22.1. The van der Waals surface area contributed by atoms with Crippen molar-refractivity contribution >= 4 is 29.7 Å². The number of halogens is 2. The summed E-state index contributed by atoms with van der Waals surface area (Å²) in [6, 6.07) is 0.261. The number of aromatic nitrogens is 2. The molecule has 9 nitrogen and oxygen atoms in total. The van der Waals surface area contributed by atoms with E-state index < -0.39 is 11.7 Å². The molecule has 0 bridgehead atoms. The Hall–Kier alpha value is -2.04. The fourth-order valence-electron chi connectivity index (χ4n) is 5.07. The molecule has 184 valence electrons. The summed E-state index contributed by atoms with van der Waals surface area (Å²) in [6.07, 6.45) is 5.13. The molecule has 2 N–H and O–H groups in total. The van der Waals surface area contributed by atoms with Gasteiger partial charge in [-0.3, -0.25) is 14.8 Å². The first-order valence-electron chi connectivity index (χ1n) is 11.5. The maximum Gasteiger partial charge on any atom is 0.233 e. The topological polar surface area (TPSA) is 102 Å². The quantitative estimate of drug-likeness (QED) is 0.227. The van der Waals surface area contributed by atoms with Gasteiger partial charge in [-0.05, 0) is 44.0 Å². The van der Waals surface area contributed by atoms with Gasteiger partial charge in [-0.25, -0.2) is 14.4 Å². The smallest absolute Gasteiger partial charge is 0.233 e. The van der Waals surface area contributed by atoms with Crippen molar-refractivity contribution in [2.75, 3.05) is 38.6 Å². The maximum absolute atomic E-state index is 15.3. The first-order chi connectivity index (χ1) is 15.7. The molecular weight excluding hydrogens is 451 g/mol. The van der Waals surface area contributed by atoms with Crippen molar-refractivity contribution in [3.8, 4) is 0 Å². The van der Waals surface area contributed by atoms with E-state index in [-0.39, 0.29) is 48.2 Å². The lowest BCUT2D eigenvalue weighted by Crippen LogP contribution is -2.38. The fraction of sp³-hybridized carbons (Fsp3) is 0.727. The average molecular weight is 485 g/mol. The molecule has 3 atom stereocenters. The van der Waals surface area contributed by atoms with Crippen LogP contribution in [0.4, 0.5) is 10.2 Å². The molecular formula is C22H34ClFN6O3. The molecule has 1 aliphatic heterocycles. The van der Waals surface area contributed by atoms with E-state index in [1.54, 1.807) is 0 Å². The number of hydrogen-bond acceptors (Lipinski definition) is 7. The number of hydroxylamine groups is 2. The predicted molar refractivity (Wildman–Crippen MR) is 122 cm³/mol. The third-order valence-corrected chi connectivity index (χ3v) is 7.00. The lowest BCUT2D eigenvalue weighted by molar-refractivity contribution is -0.155. The fourth-order valence-corrected chi connectivity index (χ4v) is 5.25. The largest absolute Gasteiger partial charge is 0.352 e. The Labute approximate surface area is 199 Å². The van der Waals surface area contributed by atoms with E-state index in [1.165, 1.54) is 0 Å². The van der Waals surface area contributed by atoms with Gasteiger partial charge in [0.05, 0.1) is 19.0 Å². The zero-order valence-electron chi connectivity index (χ0n) is 19.5. The van der Waals surface area contributed by atoms with Crippen LogP contribution >= 0.6 is 11.6 Å². The van der Waals surface area contributed by atoms with Crippen LogP contribution in [0.2, 0.25) is 5.28 Å². The maximum atomic E-state index is 15.3. The molecule has 3 rings (SSSR count). The van der Waals surface area contributed by atoms with Crippen molar-refractivity contribution in [1.29, 1.82) is 0 Å². The van der Waals surface area contributed by atoms with Gasteiger partial charge in [0.25, 0.3) is 0 Å². The van der Waals surface area contributed by atoms with Crippen LogP contribution in [0.25, 0.3) is 0 Å². The molecule has 1 saturated heterocycles. The Bertz CT molecular complexity index is 839. The Morgan fingerprint density at radius 3 is 2.64 bits per heavy atom. The highest BCUT2D eigenvalue weighted by atomic mass is 35.5. The van der Waals surface area contributed by atoms with Gasteiger partial charge >= 0.3 is 0 Å². The van der Waals surface area contributed by atoms with Gasteiger partial charge in [0.15, 0.2) is 11.6 Å². The first-order valence-corrected chi connectivity index (χ1v) is 11.9. The molecule has 2 aliphatic rings. The molecule has 0 unspecified atom stereocenters. The standard InChI is InChI=1S/C22H34ClFN6O3/c1-14-10-29(12-18(14)28(2)3)20-19(24)17(26-22(23)27-20)9-25-21(32)16(11-30(33)13-31)8-15-6-4-5-7-15/h13-16,18,33H,4-12H2,1-3H3,(H,25,32)/t14-,16-,18+/m1/s1. The van der Waals surface area contributed by atoms with Crippen LogP contribution in [0, 0.1) is 23.6 Å². The Morgan fingerprint density at radius 1 is 1.33 bits per heavy atom. The lowest BCUT2D eigenvalue weighted by Gasteiger charge is -2.23.